The second-order valence-corrected chi connectivity index (χ2v) is 9.57. The molecule has 11 heteroatoms. The lowest BCUT2D eigenvalue weighted by molar-refractivity contribution is 0.101. The van der Waals surface area contributed by atoms with E-state index in [1.807, 2.05) is 36.2 Å². The number of imidazole rings is 1. The van der Waals surface area contributed by atoms with Gasteiger partial charge < -0.3 is 15.0 Å². The highest BCUT2D eigenvalue weighted by Crippen LogP contribution is 2.34. The maximum Gasteiger partial charge on any atom is 0.333 e. The number of aromatic nitrogens is 4. The van der Waals surface area contributed by atoms with Crippen LogP contribution in [-0.4, -0.2) is 59.3 Å². The summed E-state index contributed by atoms with van der Waals surface area (Å²) in [6.07, 6.45) is 1.74. The Balaban J connectivity index is 1.45. The number of hydrogen-bond acceptors (Lipinski definition) is 8. The van der Waals surface area contributed by atoms with Gasteiger partial charge in [0.1, 0.15) is 17.7 Å². The first kappa shape index (κ1) is 21.7. The molecule has 172 valence electrons. The minimum atomic E-state index is -4.05. The fourth-order valence-electron chi connectivity index (χ4n) is 4.57. The van der Waals surface area contributed by atoms with Crippen molar-refractivity contribution in [1.29, 1.82) is 0 Å². The molecule has 2 heterocycles. The lowest BCUT2D eigenvalue weighted by Crippen LogP contribution is -2.31. The standard InChI is InChI=1S/C22H24N6O4S/c1-28(15-9-14(18(29)10-15)11-32-33(23,30)31)22-19-21(24-12-25-22)27-20(26-19)17-8-4-6-13-5-2-3-7-16(13)17/h2-8,12,14-15,18,29H,9-11H2,1H3,(H2,23,30,31)(H,24,25,26,27)/t14?,15-,18+/m1/s1. The molecule has 4 aromatic rings. The third kappa shape index (κ3) is 4.27. The van der Waals surface area contributed by atoms with E-state index in [1.165, 1.54) is 6.33 Å². The summed E-state index contributed by atoms with van der Waals surface area (Å²) < 4.78 is 26.9. The van der Waals surface area contributed by atoms with Gasteiger partial charge in [-0.1, -0.05) is 42.5 Å². The van der Waals surface area contributed by atoms with Crippen LogP contribution in [0.15, 0.2) is 48.8 Å². The van der Waals surface area contributed by atoms with E-state index in [0.717, 1.165) is 16.3 Å². The lowest BCUT2D eigenvalue weighted by Gasteiger charge is -2.25. The van der Waals surface area contributed by atoms with Gasteiger partial charge >= 0.3 is 10.3 Å². The molecule has 1 fully saturated rings. The number of nitrogens with zero attached hydrogens (tertiary/aromatic N) is 4. The molecule has 1 saturated carbocycles. The average Bonchev–Trinajstić information content (AvgIpc) is 3.39. The third-order valence-electron chi connectivity index (χ3n) is 6.27. The van der Waals surface area contributed by atoms with E-state index in [1.54, 1.807) is 0 Å². The average molecular weight is 469 g/mol. The van der Waals surface area contributed by atoms with Crippen LogP contribution < -0.4 is 10.0 Å². The number of nitrogens with two attached hydrogens (primary N) is 1. The van der Waals surface area contributed by atoms with Crippen LogP contribution in [0, 0.1) is 5.92 Å². The normalized spacial score (nSPS) is 21.1. The van der Waals surface area contributed by atoms with Crippen molar-refractivity contribution in [3.63, 3.8) is 0 Å². The van der Waals surface area contributed by atoms with E-state index in [4.69, 9.17) is 14.3 Å². The van der Waals surface area contributed by atoms with Crippen LogP contribution in [0.3, 0.4) is 0 Å². The predicted molar refractivity (Wildman–Crippen MR) is 125 cm³/mol. The fraction of sp³-hybridized carbons (Fsp3) is 0.318. The first-order valence-electron chi connectivity index (χ1n) is 10.6. The van der Waals surface area contributed by atoms with Crippen molar-refractivity contribution in [2.24, 2.45) is 11.1 Å². The highest BCUT2D eigenvalue weighted by atomic mass is 32.2. The van der Waals surface area contributed by atoms with Crippen LogP contribution in [-0.2, 0) is 14.5 Å². The summed E-state index contributed by atoms with van der Waals surface area (Å²) in [4.78, 5) is 18.9. The van der Waals surface area contributed by atoms with Gasteiger partial charge in [0.15, 0.2) is 11.5 Å². The Hall–Kier alpha value is -3.12. The molecule has 0 bridgehead atoms. The zero-order valence-corrected chi connectivity index (χ0v) is 18.7. The number of aliphatic hydroxyl groups excluding tert-OH is 1. The van der Waals surface area contributed by atoms with Crippen LogP contribution in [0.2, 0.25) is 0 Å². The van der Waals surface area contributed by atoms with Crippen molar-refractivity contribution < 1.29 is 17.7 Å². The van der Waals surface area contributed by atoms with E-state index in [9.17, 15) is 13.5 Å². The van der Waals surface area contributed by atoms with Crippen molar-refractivity contribution in [3.05, 3.63) is 48.8 Å². The number of nitrogens with one attached hydrogen (secondary N) is 1. The molecule has 1 aliphatic carbocycles. The predicted octanol–water partition coefficient (Wildman–Crippen LogP) is 1.97. The molecule has 5 rings (SSSR count). The van der Waals surface area contributed by atoms with Crippen molar-refractivity contribution in [2.45, 2.75) is 25.0 Å². The van der Waals surface area contributed by atoms with Crippen LogP contribution in [0.1, 0.15) is 12.8 Å². The molecule has 0 amide bonds. The van der Waals surface area contributed by atoms with Gasteiger partial charge in [0.2, 0.25) is 0 Å². The van der Waals surface area contributed by atoms with Crippen molar-refractivity contribution >= 4 is 38.1 Å². The zero-order chi connectivity index (χ0) is 23.2. The topological polar surface area (TPSA) is 147 Å². The zero-order valence-electron chi connectivity index (χ0n) is 17.9. The highest BCUT2D eigenvalue weighted by molar-refractivity contribution is 7.84. The van der Waals surface area contributed by atoms with Gasteiger partial charge in [-0.15, -0.1) is 0 Å². The Morgan fingerprint density at radius 2 is 1.97 bits per heavy atom. The smallest absolute Gasteiger partial charge is 0.333 e. The second kappa shape index (κ2) is 8.34. The van der Waals surface area contributed by atoms with Gasteiger partial charge in [0.05, 0.1) is 12.7 Å². The first-order valence-corrected chi connectivity index (χ1v) is 12.0. The fourth-order valence-corrected chi connectivity index (χ4v) is 4.93. The maximum atomic E-state index is 11.1. The summed E-state index contributed by atoms with van der Waals surface area (Å²) in [5, 5.41) is 17.5. The number of benzene rings is 2. The Morgan fingerprint density at radius 3 is 2.79 bits per heavy atom. The summed E-state index contributed by atoms with van der Waals surface area (Å²) in [6.45, 7) is -0.154. The van der Waals surface area contributed by atoms with Gasteiger partial charge in [-0.3, -0.25) is 4.18 Å². The Bertz CT molecular complexity index is 1420. The minimum absolute atomic E-state index is 0.0727. The molecule has 2 aromatic carbocycles. The van der Waals surface area contributed by atoms with Crippen LogP contribution in [0.4, 0.5) is 5.82 Å². The van der Waals surface area contributed by atoms with E-state index in [-0.39, 0.29) is 18.6 Å². The number of aromatic amines is 1. The molecule has 1 unspecified atom stereocenters. The molecule has 33 heavy (non-hydrogen) atoms. The summed E-state index contributed by atoms with van der Waals surface area (Å²) in [7, 11) is -2.16. The van der Waals surface area contributed by atoms with Crippen molar-refractivity contribution in [3.8, 4) is 11.4 Å². The number of rotatable bonds is 6. The van der Waals surface area contributed by atoms with E-state index in [0.29, 0.717) is 35.6 Å². The van der Waals surface area contributed by atoms with E-state index < -0.39 is 16.4 Å². The second-order valence-electron chi connectivity index (χ2n) is 8.35. The molecule has 0 spiro atoms. The molecular weight excluding hydrogens is 444 g/mol. The number of aliphatic hydroxyl groups is 1. The number of anilines is 1. The van der Waals surface area contributed by atoms with Crippen LogP contribution in [0.5, 0.6) is 0 Å². The Kier molecular flexibility index (Phi) is 5.49. The monoisotopic (exact) mass is 468 g/mol. The van der Waals surface area contributed by atoms with Crippen LogP contribution >= 0.6 is 0 Å². The van der Waals surface area contributed by atoms with Gasteiger partial charge in [-0.05, 0) is 23.6 Å². The molecule has 2 aromatic heterocycles. The third-order valence-corrected chi connectivity index (χ3v) is 6.74. The highest BCUT2D eigenvalue weighted by Gasteiger charge is 2.37. The summed E-state index contributed by atoms with van der Waals surface area (Å²) >= 11 is 0. The SMILES string of the molecule is CN(c1ncnc2nc(-c3cccc4ccccc34)[nH]c12)[C@@H]1CC(COS(N)(=O)=O)[C@@H](O)C1. The molecule has 1 aliphatic rings. The molecule has 0 radical (unpaired) electrons. The molecular formula is C22H24N6O4S. The van der Waals surface area contributed by atoms with E-state index >= 15 is 0 Å². The number of fused-ring (bicyclic) bond motifs is 2. The molecule has 4 N–H and O–H groups in total. The van der Waals surface area contributed by atoms with Gasteiger partial charge in [0, 0.05) is 24.6 Å². The van der Waals surface area contributed by atoms with Gasteiger partial charge in [0.25, 0.3) is 0 Å². The van der Waals surface area contributed by atoms with Crippen molar-refractivity contribution in [1.82, 2.24) is 19.9 Å². The number of hydrogen-bond donors (Lipinski definition) is 3. The van der Waals surface area contributed by atoms with E-state index in [2.05, 4.69) is 33.2 Å². The summed E-state index contributed by atoms with van der Waals surface area (Å²) in [5.74, 6) is 1.01. The lowest BCUT2D eigenvalue weighted by atomic mass is 10.0. The molecule has 10 nitrogen and oxygen atoms in total. The molecule has 0 saturated heterocycles. The van der Waals surface area contributed by atoms with Crippen molar-refractivity contribution in [2.75, 3.05) is 18.6 Å². The minimum Gasteiger partial charge on any atom is -0.393 e. The maximum absolute atomic E-state index is 11.1. The quantitative estimate of drug-likeness (QED) is 0.389. The Morgan fingerprint density at radius 1 is 1.18 bits per heavy atom. The van der Waals surface area contributed by atoms with Crippen LogP contribution in [0.25, 0.3) is 33.3 Å². The molecule has 3 atom stereocenters. The van der Waals surface area contributed by atoms with Gasteiger partial charge in [-0.25, -0.2) is 20.1 Å². The molecule has 0 aliphatic heterocycles. The largest absolute Gasteiger partial charge is 0.393 e. The number of H-pyrrole nitrogens is 1. The first-order chi connectivity index (χ1) is 15.8. The Labute approximate surface area is 190 Å². The summed E-state index contributed by atoms with van der Waals surface area (Å²) in [5.41, 5.74) is 2.21. The van der Waals surface area contributed by atoms with Gasteiger partial charge in [-0.2, -0.15) is 8.42 Å². The summed E-state index contributed by atoms with van der Waals surface area (Å²) in [6, 6.07) is 14.1.